The molecule has 0 radical (unpaired) electrons. The van der Waals surface area contributed by atoms with Gasteiger partial charge in [0.1, 0.15) is 11.5 Å². The van der Waals surface area contributed by atoms with Gasteiger partial charge in [0.05, 0.1) is 5.92 Å². The summed E-state index contributed by atoms with van der Waals surface area (Å²) >= 11 is 0. The zero-order chi connectivity index (χ0) is 18.3. The van der Waals surface area contributed by atoms with Gasteiger partial charge in [-0.1, -0.05) is 36.4 Å². The summed E-state index contributed by atoms with van der Waals surface area (Å²) in [6.07, 6.45) is 0.0567. The third-order valence-corrected chi connectivity index (χ3v) is 5.23. The van der Waals surface area contributed by atoms with Gasteiger partial charge in [-0.25, -0.2) is 4.79 Å². The van der Waals surface area contributed by atoms with Crippen molar-refractivity contribution in [2.75, 3.05) is 13.1 Å². The predicted molar refractivity (Wildman–Crippen MR) is 93.2 cm³/mol. The van der Waals surface area contributed by atoms with Crippen molar-refractivity contribution in [2.45, 2.75) is 24.4 Å². The Hall–Kier alpha value is -2.86. The summed E-state index contributed by atoms with van der Waals surface area (Å²) in [5, 5.41) is 19.3. The number of aliphatic hydroxyl groups is 1. The quantitative estimate of drug-likeness (QED) is 0.865. The molecule has 0 atom stereocenters. The summed E-state index contributed by atoms with van der Waals surface area (Å²) in [7, 11) is 0. The van der Waals surface area contributed by atoms with Crippen LogP contribution in [0.25, 0.3) is 0 Å². The minimum absolute atomic E-state index is 0.0284. The van der Waals surface area contributed by atoms with Crippen molar-refractivity contribution in [3.63, 3.8) is 0 Å². The van der Waals surface area contributed by atoms with Crippen molar-refractivity contribution in [3.8, 4) is 11.5 Å². The van der Waals surface area contributed by atoms with Crippen LogP contribution in [0.5, 0.6) is 11.5 Å². The van der Waals surface area contributed by atoms with Gasteiger partial charge in [-0.2, -0.15) is 0 Å². The number of fused-ring (bicyclic) bond motifs is 2. The molecule has 0 aromatic heterocycles. The SMILES string of the molecule is O=C(C1c2ccccc2Oc2ccccc21)N1CCC(O)(C(=O)O)CC1. The third-order valence-electron chi connectivity index (χ3n) is 5.23. The number of likely N-dealkylation sites (tertiary alicyclic amines) is 1. The van der Waals surface area contributed by atoms with Crippen molar-refractivity contribution < 1.29 is 24.5 Å². The number of rotatable bonds is 2. The van der Waals surface area contributed by atoms with E-state index in [1.165, 1.54) is 0 Å². The number of hydrogen-bond donors (Lipinski definition) is 2. The first-order valence-electron chi connectivity index (χ1n) is 8.60. The van der Waals surface area contributed by atoms with Crippen molar-refractivity contribution in [3.05, 3.63) is 59.7 Å². The Labute approximate surface area is 150 Å². The summed E-state index contributed by atoms with van der Waals surface area (Å²) in [6, 6.07) is 14.9. The van der Waals surface area contributed by atoms with Gasteiger partial charge in [-0.3, -0.25) is 4.79 Å². The second-order valence-electron chi connectivity index (χ2n) is 6.77. The molecule has 2 aliphatic heterocycles. The first kappa shape index (κ1) is 16.6. The molecule has 1 saturated heterocycles. The molecule has 6 nitrogen and oxygen atoms in total. The van der Waals surface area contributed by atoms with Crippen molar-refractivity contribution in [1.82, 2.24) is 4.90 Å². The smallest absolute Gasteiger partial charge is 0.335 e. The molecule has 6 heteroatoms. The molecule has 1 amide bonds. The maximum atomic E-state index is 13.3. The molecule has 134 valence electrons. The molecule has 2 aromatic rings. The van der Waals surface area contributed by atoms with Crippen LogP contribution >= 0.6 is 0 Å². The number of carboxylic acids is 1. The van der Waals surface area contributed by atoms with Gasteiger partial charge in [0.15, 0.2) is 5.60 Å². The van der Waals surface area contributed by atoms with Crippen LogP contribution in [0, 0.1) is 0 Å². The Morgan fingerprint density at radius 3 is 1.96 bits per heavy atom. The van der Waals surface area contributed by atoms with Gasteiger partial charge < -0.3 is 19.8 Å². The lowest BCUT2D eigenvalue weighted by molar-refractivity contribution is -0.165. The zero-order valence-corrected chi connectivity index (χ0v) is 14.1. The molecule has 0 saturated carbocycles. The van der Waals surface area contributed by atoms with Crippen molar-refractivity contribution >= 4 is 11.9 Å². The number of ether oxygens (including phenoxy) is 1. The Morgan fingerprint density at radius 1 is 0.962 bits per heavy atom. The molecular weight excluding hydrogens is 334 g/mol. The minimum atomic E-state index is -1.75. The number of carboxylic acid groups (broad SMARTS) is 1. The molecule has 1 fully saturated rings. The molecule has 0 bridgehead atoms. The van der Waals surface area contributed by atoms with Gasteiger partial charge in [0.2, 0.25) is 5.91 Å². The van der Waals surface area contributed by atoms with E-state index in [0.717, 1.165) is 11.1 Å². The topological polar surface area (TPSA) is 87.1 Å². The molecule has 2 aromatic carbocycles. The molecule has 2 N–H and O–H groups in total. The number of piperidine rings is 1. The lowest BCUT2D eigenvalue weighted by atomic mass is 9.85. The lowest BCUT2D eigenvalue weighted by Crippen LogP contribution is -2.51. The average Bonchev–Trinajstić information content (AvgIpc) is 2.66. The highest BCUT2D eigenvalue weighted by molar-refractivity contribution is 5.90. The van der Waals surface area contributed by atoms with Crippen LogP contribution in [-0.2, 0) is 9.59 Å². The molecule has 26 heavy (non-hydrogen) atoms. The van der Waals surface area contributed by atoms with Crippen LogP contribution in [0.1, 0.15) is 29.9 Å². The van der Waals surface area contributed by atoms with E-state index < -0.39 is 17.5 Å². The Kier molecular flexibility index (Phi) is 3.92. The van der Waals surface area contributed by atoms with Gasteiger partial charge in [0, 0.05) is 37.1 Å². The van der Waals surface area contributed by atoms with E-state index in [9.17, 15) is 14.7 Å². The average molecular weight is 353 g/mol. The third kappa shape index (κ3) is 2.63. The number of nitrogens with zero attached hydrogens (tertiary/aromatic N) is 1. The molecule has 2 heterocycles. The lowest BCUT2D eigenvalue weighted by Gasteiger charge is -2.38. The second-order valence-corrected chi connectivity index (χ2v) is 6.77. The van der Waals surface area contributed by atoms with Crippen LogP contribution in [0.3, 0.4) is 0 Å². The summed E-state index contributed by atoms with van der Waals surface area (Å²) < 4.78 is 5.92. The number of hydrogen-bond acceptors (Lipinski definition) is 4. The van der Waals surface area contributed by atoms with Crippen LogP contribution in [0.15, 0.2) is 48.5 Å². The Bertz CT molecular complexity index is 825. The summed E-state index contributed by atoms with van der Waals surface area (Å²) in [5.41, 5.74) is -0.145. The van der Waals surface area contributed by atoms with Crippen LogP contribution in [-0.4, -0.2) is 45.7 Å². The highest BCUT2D eigenvalue weighted by atomic mass is 16.5. The number of aliphatic carboxylic acids is 1. The van der Waals surface area contributed by atoms with Crippen molar-refractivity contribution in [2.24, 2.45) is 0 Å². The van der Waals surface area contributed by atoms with Crippen LogP contribution in [0.2, 0.25) is 0 Å². The largest absolute Gasteiger partial charge is 0.479 e. The van der Waals surface area contributed by atoms with Gasteiger partial charge in [-0.15, -0.1) is 0 Å². The number of benzene rings is 2. The highest BCUT2D eigenvalue weighted by Gasteiger charge is 2.43. The minimum Gasteiger partial charge on any atom is -0.479 e. The molecule has 0 unspecified atom stereocenters. The fraction of sp³-hybridized carbons (Fsp3) is 0.300. The van der Waals surface area contributed by atoms with Gasteiger partial charge >= 0.3 is 5.97 Å². The van der Waals surface area contributed by atoms with E-state index in [-0.39, 0.29) is 31.8 Å². The predicted octanol–water partition coefficient (Wildman–Crippen LogP) is 2.36. The molecule has 0 aliphatic carbocycles. The maximum Gasteiger partial charge on any atom is 0.335 e. The fourth-order valence-corrected chi connectivity index (χ4v) is 3.67. The normalized spacial score (nSPS) is 18.4. The first-order valence-corrected chi connectivity index (χ1v) is 8.60. The summed E-state index contributed by atoms with van der Waals surface area (Å²) in [5.74, 6) is -0.508. The van der Waals surface area contributed by atoms with Crippen molar-refractivity contribution in [1.29, 1.82) is 0 Å². The van der Waals surface area contributed by atoms with Gasteiger partial charge in [-0.05, 0) is 12.1 Å². The summed E-state index contributed by atoms with van der Waals surface area (Å²) in [4.78, 5) is 26.2. The van der Waals surface area contributed by atoms with E-state index in [1.54, 1.807) is 4.90 Å². The molecular formula is C20H19NO5. The molecule has 0 spiro atoms. The van der Waals surface area contributed by atoms with Crippen LogP contribution < -0.4 is 4.74 Å². The van der Waals surface area contributed by atoms with Crippen LogP contribution in [0.4, 0.5) is 0 Å². The molecule has 2 aliphatic rings. The number of para-hydroxylation sites is 2. The fourth-order valence-electron chi connectivity index (χ4n) is 3.67. The second kappa shape index (κ2) is 6.14. The van der Waals surface area contributed by atoms with E-state index in [2.05, 4.69) is 0 Å². The van der Waals surface area contributed by atoms with E-state index >= 15 is 0 Å². The summed E-state index contributed by atoms with van der Waals surface area (Å²) in [6.45, 7) is 0.423. The number of carbonyl (C=O) groups is 2. The Balaban J connectivity index is 1.66. The van der Waals surface area contributed by atoms with E-state index in [4.69, 9.17) is 9.84 Å². The van der Waals surface area contributed by atoms with E-state index in [1.807, 2.05) is 48.5 Å². The number of amides is 1. The maximum absolute atomic E-state index is 13.3. The Morgan fingerprint density at radius 2 is 1.46 bits per heavy atom. The van der Waals surface area contributed by atoms with E-state index in [0.29, 0.717) is 11.5 Å². The number of carbonyl (C=O) groups excluding carboxylic acids is 1. The van der Waals surface area contributed by atoms with Gasteiger partial charge in [0.25, 0.3) is 0 Å². The zero-order valence-electron chi connectivity index (χ0n) is 14.1. The monoisotopic (exact) mass is 353 g/mol. The first-order chi connectivity index (χ1) is 12.5. The highest BCUT2D eigenvalue weighted by Crippen LogP contribution is 2.45. The molecule has 4 rings (SSSR count). The standard InChI is InChI=1S/C20H19NO5/c22-18(21-11-9-20(25,10-12-21)19(23)24)17-13-5-1-3-7-15(13)26-16-8-4-2-6-14(16)17/h1-8,17,25H,9-12H2,(H,23,24).